The Labute approximate surface area is 115 Å². The zero-order valence-corrected chi connectivity index (χ0v) is 11.5. The smallest absolute Gasteiger partial charge is 0.339 e. The predicted octanol–water partition coefficient (Wildman–Crippen LogP) is 0.414. The van der Waals surface area contributed by atoms with Crippen LogP contribution in [0, 0.1) is 5.82 Å². The third kappa shape index (κ3) is 2.97. The molecule has 0 aliphatic heterocycles. The van der Waals surface area contributed by atoms with E-state index in [1.807, 2.05) is 0 Å². The molecule has 0 unspecified atom stereocenters. The van der Waals surface area contributed by atoms with Crippen LogP contribution in [0.3, 0.4) is 0 Å². The maximum Gasteiger partial charge on any atom is 0.339 e. The molecular formula is C12H14FNO5S. The van der Waals surface area contributed by atoms with Crippen molar-refractivity contribution in [3.05, 3.63) is 29.6 Å². The highest BCUT2D eigenvalue weighted by Crippen LogP contribution is 2.24. The largest absolute Gasteiger partial charge is 0.465 e. The van der Waals surface area contributed by atoms with Crippen molar-refractivity contribution >= 4 is 16.0 Å². The minimum Gasteiger partial charge on any atom is -0.465 e. The minimum absolute atomic E-state index is 0.235. The summed E-state index contributed by atoms with van der Waals surface area (Å²) in [6.45, 7) is 0. The van der Waals surface area contributed by atoms with Gasteiger partial charge in [-0.05, 0) is 31.0 Å². The van der Waals surface area contributed by atoms with Gasteiger partial charge in [-0.25, -0.2) is 22.3 Å². The zero-order valence-electron chi connectivity index (χ0n) is 10.7. The van der Waals surface area contributed by atoms with E-state index in [9.17, 15) is 17.6 Å². The average molecular weight is 303 g/mol. The fraction of sp³-hybridized carbons (Fsp3) is 0.417. The second-order valence-corrected chi connectivity index (χ2v) is 6.26. The molecule has 0 aromatic heterocycles. The highest BCUT2D eigenvalue weighted by molar-refractivity contribution is 7.89. The van der Waals surface area contributed by atoms with Gasteiger partial charge < -0.3 is 9.84 Å². The quantitative estimate of drug-likeness (QED) is 0.786. The highest BCUT2D eigenvalue weighted by atomic mass is 32.2. The Hall–Kier alpha value is -1.51. The summed E-state index contributed by atoms with van der Waals surface area (Å²) in [6.07, 6.45) is 0.0554. The lowest BCUT2D eigenvalue weighted by molar-refractivity contribution is 0.0594. The third-order valence-electron chi connectivity index (χ3n) is 3.07. The number of aliphatic hydroxyl groups excluding tert-OH is 1. The Kier molecular flexibility index (Phi) is 4.07. The van der Waals surface area contributed by atoms with Crippen LogP contribution < -0.4 is 4.72 Å². The van der Waals surface area contributed by atoms with E-state index in [1.165, 1.54) is 0 Å². The summed E-state index contributed by atoms with van der Waals surface area (Å²) in [5.74, 6) is -1.63. The van der Waals surface area contributed by atoms with Gasteiger partial charge in [-0.2, -0.15) is 0 Å². The maximum atomic E-state index is 13.3. The van der Waals surface area contributed by atoms with Crippen molar-refractivity contribution in [3.8, 4) is 0 Å². The van der Waals surface area contributed by atoms with Gasteiger partial charge in [0, 0.05) is 6.04 Å². The molecule has 8 heteroatoms. The minimum atomic E-state index is -4.05. The Morgan fingerprint density at radius 2 is 2.10 bits per heavy atom. The summed E-state index contributed by atoms with van der Waals surface area (Å²) in [4.78, 5) is 11.1. The average Bonchev–Trinajstić information content (AvgIpc) is 2.35. The molecule has 110 valence electrons. The Bertz CT molecular complexity index is 625. The zero-order chi connectivity index (χ0) is 14.9. The van der Waals surface area contributed by atoms with E-state index in [0.29, 0.717) is 12.8 Å². The second kappa shape index (κ2) is 5.47. The molecule has 1 aromatic rings. The molecule has 1 fully saturated rings. The van der Waals surface area contributed by atoms with Crippen molar-refractivity contribution in [2.24, 2.45) is 0 Å². The van der Waals surface area contributed by atoms with Crippen molar-refractivity contribution in [1.82, 2.24) is 4.72 Å². The Morgan fingerprint density at radius 3 is 2.65 bits per heavy atom. The number of esters is 1. The fourth-order valence-electron chi connectivity index (χ4n) is 1.96. The predicted molar refractivity (Wildman–Crippen MR) is 67.1 cm³/mol. The summed E-state index contributed by atoms with van der Waals surface area (Å²) in [6, 6.07) is 2.40. The molecule has 20 heavy (non-hydrogen) atoms. The molecule has 1 aromatic carbocycles. The first kappa shape index (κ1) is 14.9. The van der Waals surface area contributed by atoms with E-state index >= 15 is 0 Å². The number of ether oxygens (including phenoxy) is 1. The number of methoxy groups -OCH3 is 1. The molecule has 0 amide bonds. The number of carbonyl (C=O) groups excluding carboxylic acids is 1. The van der Waals surface area contributed by atoms with Gasteiger partial charge in [0.2, 0.25) is 10.0 Å². The third-order valence-corrected chi connectivity index (χ3v) is 4.63. The molecule has 1 saturated carbocycles. The first-order chi connectivity index (χ1) is 9.33. The van der Waals surface area contributed by atoms with Gasteiger partial charge in [-0.1, -0.05) is 0 Å². The van der Waals surface area contributed by atoms with Gasteiger partial charge >= 0.3 is 5.97 Å². The molecule has 0 bridgehead atoms. The molecule has 1 aliphatic carbocycles. The standard InChI is InChI=1S/C12H14FNO5S/c1-19-12(16)10-3-2-7(13)4-11(10)20(17,18)14-8-5-9(15)6-8/h2-4,8-9,14-15H,5-6H2,1H3. The first-order valence-electron chi connectivity index (χ1n) is 5.91. The normalized spacial score (nSPS) is 22.1. The van der Waals surface area contributed by atoms with Crippen LogP contribution in [0.5, 0.6) is 0 Å². The Balaban J connectivity index is 2.34. The van der Waals surface area contributed by atoms with Crippen LogP contribution in [0.15, 0.2) is 23.1 Å². The van der Waals surface area contributed by atoms with Crippen LogP contribution in [0.4, 0.5) is 4.39 Å². The lowest BCUT2D eigenvalue weighted by Crippen LogP contribution is -2.46. The Morgan fingerprint density at radius 1 is 1.45 bits per heavy atom. The van der Waals surface area contributed by atoms with Gasteiger partial charge in [-0.15, -0.1) is 0 Å². The maximum absolute atomic E-state index is 13.3. The molecule has 0 spiro atoms. The highest BCUT2D eigenvalue weighted by Gasteiger charge is 2.33. The molecule has 2 rings (SSSR count). The van der Waals surface area contributed by atoms with E-state index in [-0.39, 0.29) is 5.56 Å². The number of hydrogen-bond donors (Lipinski definition) is 2. The fourth-order valence-corrected chi connectivity index (χ4v) is 3.43. The summed E-state index contributed by atoms with van der Waals surface area (Å²) in [5.41, 5.74) is -0.235. The molecule has 0 saturated heterocycles. The number of rotatable bonds is 4. The summed E-state index contributed by atoms with van der Waals surface area (Å²) in [7, 11) is -2.95. The molecule has 1 aliphatic rings. The topological polar surface area (TPSA) is 92.7 Å². The number of nitrogens with one attached hydrogen (secondary N) is 1. The first-order valence-corrected chi connectivity index (χ1v) is 7.40. The van der Waals surface area contributed by atoms with Gasteiger partial charge in [0.15, 0.2) is 0 Å². The van der Waals surface area contributed by atoms with E-state index in [2.05, 4.69) is 9.46 Å². The summed E-state index contributed by atoms with van der Waals surface area (Å²) >= 11 is 0. The molecule has 2 N–H and O–H groups in total. The van der Waals surface area contributed by atoms with Gasteiger partial charge in [0.25, 0.3) is 0 Å². The number of hydrogen-bond acceptors (Lipinski definition) is 5. The number of benzene rings is 1. The second-order valence-electron chi connectivity index (χ2n) is 4.58. The van der Waals surface area contributed by atoms with E-state index in [1.54, 1.807) is 0 Å². The van der Waals surface area contributed by atoms with Crippen molar-refractivity contribution in [1.29, 1.82) is 0 Å². The van der Waals surface area contributed by atoms with Crippen LogP contribution in [0.1, 0.15) is 23.2 Å². The molecule has 6 nitrogen and oxygen atoms in total. The molecular weight excluding hydrogens is 289 g/mol. The van der Waals surface area contributed by atoms with Crippen molar-refractivity contribution < 1.29 is 27.4 Å². The summed E-state index contributed by atoms with van der Waals surface area (Å²) < 4.78 is 44.4. The van der Waals surface area contributed by atoms with Crippen LogP contribution in [0.25, 0.3) is 0 Å². The number of carbonyl (C=O) groups is 1. The van der Waals surface area contributed by atoms with Crippen LogP contribution in [-0.4, -0.2) is 38.7 Å². The lowest BCUT2D eigenvalue weighted by Gasteiger charge is -2.31. The van der Waals surface area contributed by atoms with Gasteiger partial charge in [0.1, 0.15) is 5.82 Å². The van der Waals surface area contributed by atoms with Gasteiger partial charge in [-0.3, -0.25) is 0 Å². The van der Waals surface area contributed by atoms with Gasteiger partial charge in [0.05, 0.1) is 23.7 Å². The monoisotopic (exact) mass is 303 g/mol. The number of sulfonamides is 1. The van der Waals surface area contributed by atoms with Crippen molar-refractivity contribution in [3.63, 3.8) is 0 Å². The van der Waals surface area contributed by atoms with Crippen molar-refractivity contribution in [2.75, 3.05) is 7.11 Å². The van der Waals surface area contributed by atoms with Crippen LogP contribution in [0.2, 0.25) is 0 Å². The van der Waals surface area contributed by atoms with E-state index in [0.717, 1.165) is 25.3 Å². The van der Waals surface area contributed by atoms with E-state index in [4.69, 9.17) is 5.11 Å². The van der Waals surface area contributed by atoms with Crippen molar-refractivity contribution in [2.45, 2.75) is 29.9 Å². The van der Waals surface area contributed by atoms with Crippen LogP contribution >= 0.6 is 0 Å². The number of aliphatic hydroxyl groups is 1. The number of halogens is 1. The van der Waals surface area contributed by atoms with E-state index < -0.39 is 38.9 Å². The summed E-state index contributed by atoms with van der Waals surface area (Å²) in [5, 5.41) is 9.14. The van der Waals surface area contributed by atoms with Crippen LogP contribution in [-0.2, 0) is 14.8 Å². The molecule has 0 heterocycles. The lowest BCUT2D eigenvalue weighted by atomic mass is 9.91. The molecule has 0 atom stereocenters. The molecule has 0 radical (unpaired) electrons. The SMILES string of the molecule is COC(=O)c1ccc(F)cc1S(=O)(=O)NC1CC(O)C1.